The van der Waals surface area contributed by atoms with Gasteiger partial charge in [0.15, 0.2) is 11.6 Å². The van der Waals surface area contributed by atoms with Crippen LogP contribution < -0.4 is 0 Å². The maximum atomic E-state index is 12.9. The molecule has 0 radical (unpaired) electrons. The summed E-state index contributed by atoms with van der Waals surface area (Å²) in [5.74, 6) is 1.08. The first-order valence-corrected chi connectivity index (χ1v) is 15.2. The Morgan fingerprint density at radius 3 is 1.80 bits per heavy atom. The van der Waals surface area contributed by atoms with E-state index < -0.39 is 0 Å². The quantitative estimate of drug-likeness (QED) is 0.242. The summed E-state index contributed by atoms with van der Waals surface area (Å²) in [7, 11) is 3.08. The van der Waals surface area contributed by atoms with Crippen LogP contribution in [0, 0.1) is 0 Å². The van der Waals surface area contributed by atoms with E-state index >= 15 is 0 Å². The van der Waals surface area contributed by atoms with Gasteiger partial charge >= 0.3 is 0 Å². The van der Waals surface area contributed by atoms with Crippen LogP contribution in [0.25, 0.3) is 17.2 Å². The van der Waals surface area contributed by atoms with E-state index in [0.29, 0.717) is 84.4 Å². The van der Waals surface area contributed by atoms with Crippen molar-refractivity contribution in [1.82, 2.24) is 4.98 Å². The van der Waals surface area contributed by atoms with E-state index in [-0.39, 0.29) is 11.6 Å². The van der Waals surface area contributed by atoms with Crippen molar-refractivity contribution in [3.63, 3.8) is 0 Å². The Bertz CT molecular complexity index is 1590. The predicted octanol–water partition coefficient (Wildman–Crippen LogP) is 10.0. The summed E-state index contributed by atoms with van der Waals surface area (Å²) in [6.45, 7) is 0. The van der Waals surface area contributed by atoms with Gasteiger partial charge in [-0.3, -0.25) is 14.6 Å². The number of hydrogen-bond donors (Lipinski definition) is 0. The fourth-order valence-corrected chi connectivity index (χ4v) is 7.28. The summed E-state index contributed by atoms with van der Waals surface area (Å²) in [4.78, 5) is 29.0. The van der Waals surface area contributed by atoms with E-state index in [4.69, 9.17) is 55.9 Å². The van der Waals surface area contributed by atoms with Crippen LogP contribution in [0.4, 0.5) is 0 Å². The second kappa shape index (κ2) is 13.9. The molecular formula is C30H21Br2Cl4NO4. The highest BCUT2D eigenvalue weighted by Gasteiger charge is 2.33. The maximum absolute atomic E-state index is 12.9. The van der Waals surface area contributed by atoms with Crippen molar-refractivity contribution >= 4 is 107 Å². The number of rotatable bonds is 5. The van der Waals surface area contributed by atoms with Gasteiger partial charge in [-0.2, -0.15) is 0 Å². The highest BCUT2D eigenvalue weighted by Crippen LogP contribution is 2.43. The summed E-state index contributed by atoms with van der Waals surface area (Å²) >= 11 is 31.6. The number of aromatic nitrogens is 1. The van der Waals surface area contributed by atoms with Crippen LogP contribution in [0.5, 0.6) is 0 Å². The molecule has 212 valence electrons. The molecule has 0 spiro atoms. The van der Waals surface area contributed by atoms with Crippen LogP contribution in [0.2, 0.25) is 20.1 Å². The molecule has 0 fully saturated rings. The molecule has 0 atom stereocenters. The minimum atomic E-state index is -0.149. The SMILES string of the molecule is COC1=C(c2c(Cl)cc(Br)cc2Cl)C(=O)/C(=C/c2ccccn2)C1.COC1=C(c2c(Cl)cc(Br)cc2Cl)C(=O)CC1. The molecule has 0 N–H and O–H groups in total. The second-order valence-corrected chi connectivity index (χ2v) is 12.3. The lowest BCUT2D eigenvalue weighted by atomic mass is 10.0. The van der Waals surface area contributed by atoms with Gasteiger partial charge in [0.1, 0.15) is 11.5 Å². The normalized spacial score (nSPS) is 16.0. The standard InChI is InChI=1S/C18H12BrCl2NO2.C12H9BrCl2O2/c1-24-15-7-10(6-12-4-2-3-5-22-12)18(23)17(15)16-13(20)8-11(19)9-14(16)21;1-17-10-3-2-9(16)12(10)11-7(14)4-6(13)5-8(11)15/h2-6,8-9H,7H2,1H3;4-5H,2-3H2,1H3/b10-6+;. The number of Topliss-reactive ketones (excluding diaryl/α,β-unsaturated/α-hetero) is 2. The van der Waals surface area contributed by atoms with E-state index in [0.717, 1.165) is 8.95 Å². The third-order valence-corrected chi connectivity index (χ3v) is 8.41. The molecular weight excluding hydrogens is 740 g/mol. The monoisotopic (exact) mass is 757 g/mol. The first-order valence-electron chi connectivity index (χ1n) is 12.1. The van der Waals surface area contributed by atoms with Crippen molar-refractivity contribution in [2.75, 3.05) is 14.2 Å². The number of methoxy groups -OCH3 is 2. The second-order valence-electron chi connectivity index (χ2n) is 8.85. The van der Waals surface area contributed by atoms with E-state index in [1.807, 2.05) is 18.2 Å². The minimum Gasteiger partial charge on any atom is -0.500 e. The van der Waals surface area contributed by atoms with Crippen molar-refractivity contribution in [1.29, 1.82) is 0 Å². The van der Waals surface area contributed by atoms with Gasteiger partial charge in [0.2, 0.25) is 0 Å². The van der Waals surface area contributed by atoms with Crippen LogP contribution in [-0.2, 0) is 19.1 Å². The molecule has 0 aliphatic heterocycles. The molecule has 1 heterocycles. The average Bonchev–Trinajstić information content (AvgIpc) is 3.43. The molecule has 0 unspecified atom stereocenters. The molecule has 0 amide bonds. The van der Waals surface area contributed by atoms with Crippen LogP contribution in [-0.4, -0.2) is 30.8 Å². The Morgan fingerprint density at radius 2 is 1.32 bits per heavy atom. The zero-order chi connectivity index (χ0) is 29.8. The Hall–Kier alpha value is -2.13. The van der Waals surface area contributed by atoms with Crippen LogP contribution in [0.3, 0.4) is 0 Å². The Morgan fingerprint density at radius 1 is 0.780 bits per heavy atom. The highest BCUT2D eigenvalue weighted by atomic mass is 79.9. The van der Waals surface area contributed by atoms with Crippen LogP contribution >= 0.6 is 78.3 Å². The summed E-state index contributed by atoms with van der Waals surface area (Å²) < 4.78 is 12.2. The lowest BCUT2D eigenvalue weighted by Crippen LogP contribution is -2.01. The molecule has 2 aliphatic rings. The van der Waals surface area contributed by atoms with Gasteiger partial charge in [-0.25, -0.2) is 0 Å². The number of allylic oxidation sites excluding steroid dienone is 4. The summed E-state index contributed by atoms with van der Waals surface area (Å²) in [5, 5.41) is 1.69. The van der Waals surface area contributed by atoms with Gasteiger partial charge in [-0.15, -0.1) is 0 Å². The van der Waals surface area contributed by atoms with E-state index in [2.05, 4.69) is 36.8 Å². The van der Waals surface area contributed by atoms with E-state index in [9.17, 15) is 9.59 Å². The lowest BCUT2D eigenvalue weighted by Gasteiger charge is -2.10. The summed E-state index contributed by atoms with van der Waals surface area (Å²) in [6, 6.07) is 12.4. The molecule has 0 saturated heterocycles. The highest BCUT2D eigenvalue weighted by molar-refractivity contribution is 9.10. The topological polar surface area (TPSA) is 65.5 Å². The molecule has 0 bridgehead atoms. The number of benzene rings is 2. The molecule has 5 nitrogen and oxygen atoms in total. The third kappa shape index (κ3) is 7.10. The first-order chi connectivity index (χ1) is 19.5. The van der Waals surface area contributed by atoms with Crippen molar-refractivity contribution in [2.45, 2.75) is 19.3 Å². The van der Waals surface area contributed by atoms with Gasteiger partial charge in [0.05, 0.1) is 51.2 Å². The third-order valence-electron chi connectivity index (χ3n) is 6.30. The molecule has 2 aromatic carbocycles. The van der Waals surface area contributed by atoms with Crippen molar-refractivity contribution in [3.8, 4) is 0 Å². The number of nitrogens with zero attached hydrogens (tertiary/aromatic N) is 1. The number of ether oxygens (including phenoxy) is 2. The molecule has 0 saturated carbocycles. The van der Waals surface area contributed by atoms with Crippen molar-refractivity contribution in [2.24, 2.45) is 0 Å². The number of hydrogen-bond acceptors (Lipinski definition) is 5. The van der Waals surface area contributed by atoms with E-state index in [1.54, 1.807) is 43.6 Å². The molecule has 11 heteroatoms. The van der Waals surface area contributed by atoms with Crippen molar-refractivity contribution < 1.29 is 19.1 Å². The number of carbonyl (C=O) groups is 2. The zero-order valence-corrected chi connectivity index (χ0v) is 27.9. The number of ketones is 2. The molecule has 41 heavy (non-hydrogen) atoms. The fraction of sp³-hybridized carbons (Fsp3) is 0.167. The Labute approximate surface area is 274 Å². The Balaban J connectivity index is 0.000000201. The van der Waals surface area contributed by atoms with E-state index in [1.165, 1.54) is 7.11 Å². The average molecular weight is 761 g/mol. The van der Waals surface area contributed by atoms with Gasteiger partial charge in [-0.1, -0.05) is 84.3 Å². The van der Waals surface area contributed by atoms with Crippen LogP contribution in [0.1, 0.15) is 36.1 Å². The van der Waals surface area contributed by atoms with Gasteiger partial charge < -0.3 is 9.47 Å². The summed E-state index contributed by atoms with van der Waals surface area (Å²) in [5.41, 5.74) is 3.28. The molecule has 2 aliphatic carbocycles. The number of carbonyl (C=O) groups excluding carboxylic acids is 2. The molecule has 3 aromatic rings. The molecule has 5 rings (SSSR count). The zero-order valence-electron chi connectivity index (χ0n) is 21.7. The number of halogens is 6. The smallest absolute Gasteiger partial charge is 0.193 e. The maximum Gasteiger partial charge on any atom is 0.193 e. The predicted molar refractivity (Wildman–Crippen MR) is 172 cm³/mol. The van der Waals surface area contributed by atoms with Crippen LogP contribution in [0.15, 0.2) is 74.7 Å². The lowest BCUT2D eigenvalue weighted by molar-refractivity contribution is -0.113. The number of pyridine rings is 1. The minimum absolute atomic E-state index is 0.0213. The molecule has 1 aromatic heterocycles. The van der Waals surface area contributed by atoms with Gasteiger partial charge in [0.25, 0.3) is 0 Å². The van der Waals surface area contributed by atoms with Gasteiger partial charge in [-0.05, 0) is 42.5 Å². The largest absolute Gasteiger partial charge is 0.500 e. The first kappa shape index (κ1) is 31.8. The van der Waals surface area contributed by atoms with Gasteiger partial charge in [0, 0.05) is 51.1 Å². The Kier molecular flexibility index (Phi) is 10.8. The van der Waals surface area contributed by atoms with Crippen molar-refractivity contribution in [3.05, 3.63) is 112 Å². The summed E-state index contributed by atoms with van der Waals surface area (Å²) in [6.07, 6.45) is 4.87. The fourth-order valence-electron chi connectivity index (χ4n) is 4.49.